The average molecular weight is 393 g/mol. The molecule has 29 heavy (non-hydrogen) atoms. The third-order valence-electron chi connectivity index (χ3n) is 5.48. The number of carbonyl (C=O) groups is 1. The molecule has 0 bridgehead atoms. The highest BCUT2D eigenvalue weighted by molar-refractivity contribution is 5.79. The maximum Gasteiger partial charge on any atom is 0.216 e. The maximum atomic E-state index is 11.2. The average Bonchev–Trinajstić information content (AvgIpc) is 3.33. The first-order valence-electron chi connectivity index (χ1n) is 10.1. The van der Waals surface area contributed by atoms with Crippen LogP contribution in [-0.4, -0.2) is 52.3 Å². The maximum absolute atomic E-state index is 11.2. The minimum Gasteiger partial charge on any atom is -0.496 e. The number of fused-ring (bicyclic) bond motifs is 1. The van der Waals surface area contributed by atoms with Crippen molar-refractivity contribution in [1.29, 1.82) is 0 Å². The fraction of sp³-hybridized carbons (Fsp3) is 0.409. The lowest BCUT2D eigenvalue weighted by atomic mass is 10.0. The second kappa shape index (κ2) is 8.61. The number of pyridine rings is 1. The van der Waals surface area contributed by atoms with Crippen molar-refractivity contribution in [3.05, 3.63) is 53.9 Å². The lowest BCUT2D eigenvalue weighted by Gasteiger charge is -2.17. The highest BCUT2D eigenvalue weighted by Crippen LogP contribution is 2.32. The molecule has 1 fully saturated rings. The Morgan fingerprint density at radius 2 is 2.14 bits per heavy atom. The van der Waals surface area contributed by atoms with Gasteiger partial charge in [0.15, 0.2) is 5.65 Å². The highest BCUT2D eigenvalue weighted by atomic mass is 16.5. The molecule has 2 aromatic heterocycles. The van der Waals surface area contributed by atoms with Gasteiger partial charge < -0.3 is 10.1 Å². The molecule has 1 amide bonds. The number of nitrogens with zero attached hydrogens (tertiary/aromatic N) is 4. The van der Waals surface area contributed by atoms with Gasteiger partial charge in [-0.15, -0.1) is 0 Å². The number of amides is 1. The van der Waals surface area contributed by atoms with Gasteiger partial charge in [0, 0.05) is 49.6 Å². The molecule has 1 saturated heterocycles. The Morgan fingerprint density at radius 1 is 1.28 bits per heavy atom. The molecule has 1 aliphatic rings. The van der Waals surface area contributed by atoms with Crippen molar-refractivity contribution in [2.45, 2.75) is 32.4 Å². The number of ether oxygens (including phenoxy) is 1. The Bertz CT molecular complexity index is 1000. The molecule has 0 aliphatic carbocycles. The summed E-state index contributed by atoms with van der Waals surface area (Å²) in [5, 5.41) is 8.84. The van der Waals surface area contributed by atoms with E-state index >= 15 is 0 Å². The predicted molar refractivity (Wildman–Crippen MR) is 112 cm³/mol. The summed E-state index contributed by atoms with van der Waals surface area (Å²) in [6.45, 7) is 5.56. The topological polar surface area (TPSA) is 72.3 Å². The van der Waals surface area contributed by atoms with Crippen LogP contribution in [0.2, 0.25) is 0 Å². The molecule has 152 valence electrons. The third kappa shape index (κ3) is 4.24. The van der Waals surface area contributed by atoms with Crippen molar-refractivity contribution in [3.63, 3.8) is 0 Å². The van der Waals surface area contributed by atoms with E-state index in [-0.39, 0.29) is 5.91 Å². The number of likely N-dealkylation sites (tertiary alicyclic amines) is 1. The molecule has 3 aromatic rings. The summed E-state index contributed by atoms with van der Waals surface area (Å²) in [5.41, 5.74) is 3.21. The molecule has 3 heterocycles. The van der Waals surface area contributed by atoms with Gasteiger partial charge in [0.25, 0.3) is 0 Å². The molecule has 0 spiro atoms. The Morgan fingerprint density at radius 3 is 2.97 bits per heavy atom. The molecule has 1 atom stereocenters. The van der Waals surface area contributed by atoms with E-state index in [1.807, 2.05) is 22.9 Å². The number of rotatable bonds is 7. The summed E-state index contributed by atoms with van der Waals surface area (Å²) >= 11 is 0. The minimum absolute atomic E-state index is 0.0302. The van der Waals surface area contributed by atoms with Crippen molar-refractivity contribution < 1.29 is 9.53 Å². The van der Waals surface area contributed by atoms with Crippen LogP contribution >= 0.6 is 0 Å². The van der Waals surface area contributed by atoms with E-state index in [4.69, 9.17) is 9.84 Å². The molecular formula is C22H27N5O2. The smallest absolute Gasteiger partial charge is 0.216 e. The van der Waals surface area contributed by atoms with Gasteiger partial charge in [-0.1, -0.05) is 18.2 Å². The Hall–Kier alpha value is -2.93. The number of methoxy groups -OCH3 is 1. The molecule has 1 aliphatic heterocycles. The van der Waals surface area contributed by atoms with Crippen LogP contribution in [0, 0.1) is 0 Å². The first-order chi connectivity index (χ1) is 14.2. The molecular weight excluding hydrogens is 366 g/mol. The zero-order valence-electron chi connectivity index (χ0n) is 17.0. The van der Waals surface area contributed by atoms with E-state index in [1.165, 1.54) is 12.5 Å². The normalized spacial score (nSPS) is 17.0. The molecule has 0 radical (unpaired) electrons. The lowest BCUT2D eigenvalue weighted by Crippen LogP contribution is -2.25. The van der Waals surface area contributed by atoms with E-state index < -0.39 is 0 Å². The highest BCUT2D eigenvalue weighted by Gasteiger charge is 2.28. The molecule has 7 heteroatoms. The van der Waals surface area contributed by atoms with E-state index in [2.05, 4.69) is 33.4 Å². The summed E-state index contributed by atoms with van der Waals surface area (Å²) in [6.07, 6.45) is 2.87. The summed E-state index contributed by atoms with van der Waals surface area (Å²) in [6, 6.07) is 12.3. The zero-order chi connectivity index (χ0) is 20.2. The summed E-state index contributed by atoms with van der Waals surface area (Å²) in [4.78, 5) is 18.2. The zero-order valence-corrected chi connectivity index (χ0v) is 17.0. The monoisotopic (exact) mass is 393 g/mol. The summed E-state index contributed by atoms with van der Waals surface area (Å²) < 4.78 is 7.42. The Balaban J connectivity index is 1.51. The lowest BCUT2D eigenvalue weighted by molar-refractivity contribution is -0.118. The number of carbonyl (C=O) groups excluding carboxylic acids is 1. The number of hydrogen-bond donors (Lipinski definition) is 1. The van der Waals surface area contributed by atoms with Crippen molar-refractivity contribution >= 4 is 16.9 Å². The molecule has 1 N–H and O–H groups in total. The standard InChI is InChI=1S/C22H27N5O2/c1-16(28)23-11-13-27-22-19(7-5-10-24-22)21(25-27)18-9-12-26(15-18)14-17-6-3-4-8-20(17)29-2/h3-8,10,18H,9,11-15H2,1-2H3,(H,23,28)/t18-/m0/s1. The van der Waals surface area contributed by atoms with Gasteiger partial charge in [-0.2, -0.15) is 5.10 Å². The summed E-state index contributed by atoms with van der Waals surface area (Å²) in [7, 11) is 1.72. The van der Waals surface area contributed by atoms with Gasteiger partial charge >= 0.3 is 0 Å². The quantitative estimate of drug-likeness (QED) is 0.668. The van der Waals surface area contributed by atoms with Crippen molar-refractivity contribution in [2.75, 3.05) is 26.7 Å². The van der Waals surface area contributed by atoms with E-state index in [0.717, 1.165) is 48.5 Å². The van der Waals surface area contributed by atoms with Crippen LogP contribution in [0.5, 0.6) is 5.75 Å². The van der Waals surface area contributed by atoms with Crippen LogP contribution in [0.25, 0.3) is 11.0 Å². The first kappa shape index (κ1) is 19.4. The predicted octanol–water partition coefficient (Wildman–Crippen LogP) is 2.57. The molecule has 7 nitrogen and oxygen atoms in total. The number of aromatic nitrogens is 3. The van der Waals surface area contributed by atoms with Gasteiger partial charge in [-0.25, -0.2) is 9.67 Å². The van der Waals surface area contributed by atoms with Gasteiger partial charge in [0.1, 0.15) is 5.75 Å². The third-order valence-corrected chi connectivity index (χ3v) is 5.48. The fourth-order valence-electron chi connectivity index (χ4n) is 4.10. The van der Waals surface area contributed by atoms with Crippen LogP contribution in [0.1, 0.15) is 30.5 Å². The largest absolute Gasteiger partial charge is 0.496 e. The molecule has 1 aromatic carbocycles. The Kier molecular flexibility index (Phi) is 5.76. The van der Waals surface area contributed by atoms with Crippen LogP contribution in [0.15, 0.2) is 42.6 Å². The van der Waals surface area contributed by atoms with Crippen LogP contribution in [0.4, 0.5) is 0 Å². The number of benzene rings is 1. The second-order valence-electron chi connectivity index (χ2n) is 7.50. The minimum atomic E-state index is -0.0302. The van der Waals surface area contributed by atoms with E-state index in [0.29, 0.717) is 19.0 Å². The Labute approximate surface area is 170 Å². The van der Waals surface area contributed by atoms with Gasteiger partial charge in [0.05, 0.1) is 19.3 Å². The van der Waals surface area contributed by atoms with E-state index in [1.54, 1.807) is 13.3 Å². The number of para-hydroxylation sites is 1. The van der Waals surface area contributed by atoms with Crippen LogP contribution in [0.3, 0.4) is 0 Å². The van der Waals surface area contributed by atoms with Gasteiger partial charge in [0.2, 0.25) is 5.91 Å². The van der Waals surface area contributed by atoms with Gasteiger partial charge in [-0.3, -0.25) is 9.69 Å². The van der Waals surface area contributed by atoms with Gasteiger partial charge in [-0.05, 0) is 31.2 Å². The molecule has 4 rings (SSSR count). The van der Waals surface area contributed by atoms with E-state index in [9.17, 15) is 4.79 Å². The van der Waals surface area contributed by atoms with Crippen molar-refractivity contribution in [2.24, 2.45) is 0 Å². The van der Waals surface area contributed by atoms with Crippen molar-refractivity contribution in [1.82, 2.24) is 25.0 Å². The van der Waals surface area contributed by atoms with Crippen molar-refractivity contribution in [3.8, 4) is 5.75 Å². The molecule has 0 saturated carbocycles. The fourth-order valence-corrected chi connectivity index (χ4v) is 4.10. The first-order valence-corrected chi connectivity index (χ1v) is 10.1. The molecule has 0 unspecified atom stereocenters. The number of nitrogens with one attached hydrogen (secondary N) is 1. The van der Waals surface area contributed by atoms with Crippen LogP contribution < -0.4 is 10.1 Å². The number of hydrogen-bond acceptors (Lipinski definition) is 5. The van der Waals surface area contributed by atoms with Crippen LogP contribution in [-0.2, 0) is 17.9 Å². The SMILES string of the molecule is COc1ccccc1CN1CC[C@H](c2nn(CCNC(C)=O)c3ncccc23)C1. The summed E-state index contributed by atoms with van der Waals surface area (Å²) in [5.74, 6) is 1.28. The second-order valence-corrected chi connectivity index (χ2v) is 7.50.